The van der Waals surface area contributed by atoms with E-state index in [9.17, 15) is 13.2 Å². The molecule has 1 amide bonds. The van der Waals surface area contributed by atoms with Crippen LogP contribution in [0.4, 0.5) is 0 Å². The molecular weight excluding hydrogens is 328 g/mol. The Balaban J connectivity index is 1.89. The average molecular weight is 354 g/mol. The van der Waals surface area contributed by atoms with E-state index in [1.165, 1.54) is 6.42 Å². The van der Waals surface area contributed by atoms with E-state index in [4.69, 9.17) is 5.11 Å². The largest absolute Gasteiger partial charge is 0.395 e. The summed E-state index contributed by atoms with van der Waals surface area (Å²) in [6, 6.07) is 6.71. The Morgan fingerprint density at radius 1 is 1.12 bits per heavy atom. The molecule has 0 spiro atoms. The summed E-state index contributed by atoms with van der Waals surface area (Å²) in [6.07, 6.45) is 5.98. The van der Waals surface area contributed by atoms with Crippen LogP contribution in [0.25, 0.3) is 0 Å². The number of rotatable bonds is 8. The topological polar surface area (TPSA) is 95.5 Å². The number of aryl methyl sites for hydroxylation is 1. The first-order valence-electron chi connectivity index (χ1n) is 8.50. The molecule has 1 aliphatic rings. The third-order valence-corrected chi connectivity index (χ3v) is 5.77. The van der Waals surface area contributed by atoms with Crippen LogP contribution >= 0.6 is 0 Å². The molecule has 0 heterocycles. The minimum atomic E-state index is -3.48. The summed E-state index contributed by atoms with van der Waals surface area (Å²) >= 11 is 0. The van der Waals surface area contributed by atoms with Crippen LogP contribution in [-0.2, 0) is 21.2 Å². The molecule has 134 valence electrons. The lowest BCUT2D eigenvalue weighted by molar-refractivity contribution is -0.121. The molecule has 0 atom stereocenters. The molecule has 0 unspecified atom stereocenters. The van der Waals surface area contributed by atoms with Gasteiger partial charge in [-0.05, 0) is 37.0 Å². The highest BCUT2D eigenvalue weighted by Crippen LogP contribution is 2.20. The minimum Gasteiger partial charge on any atom is -0.395 e. The summed E-state index contributed by atoms with van der Waals surface area (Å²) in [5, 5.41) is 11.2. The van der Waals surface area contributed by atoms with Gasteiger partial charge in [-0.3, -0.25) is 4.79 Å². The number of carbonyl (C=O) groups excluding carboxylic acids is 1. The first-order valence-corrected chi connectivity index (χ1v) is 9.98. The monoisotopic (exact) mass is 354 g/mol. The molecule has 7 heteroatoms. The van der Waals surface area contributed by atoms with Crippen molar-refractivity contribution < 1.29 is 18.3 Å². The van der Waals surface area contributed by atoms with E-state index in [-0.39, 0.29) is 30.0 Å². The number of benzene rings is 1. The van der Waals surface area contributed by atoms with Crippen molar-refractivity contribution in [3.05, 3.63) is 29.8 Å². The molecule has 0 aliphatic heterocycles. The molecule has 0 radical (unpaired) electrons. The van der Waals surface area contributed by atoms with Gasteiger partial charge in [-0.1, -0.05) is 31.4 Å². The second-order valence-corrected chi connectivity index (χ2v) is 7.89. The number of carbonyl (C=O) groups is 1. The van der Waals surface area contributed by atoms with Gasteiger partial charge in [-0.25, -0.2) is 13.1 Å². The fraction of sp³-hybridized carbons (Fsp3) is 0.588. The lowest BCUT2D eigenvalue weighted by Crippen LogP contribution is -2.36. The predicted molar refractivity (Wildman–Crippen MR) is 92.1 cm³/mol. The van der Waals surface area contributed by atoms with E-state index in [0.29, 0.717) is 12.8 Å². The normalized spacial score (nSPS) is 16.0. The zero-order valence-corrected chi connectivity index (χ0v) is 14.6. The summed E-state index contributed by atoms with van der Waals surface area (Å²) in [6.45, 7) is 0.176. The number of hydrogen-bond donors (Lipinski definition) is 3. The van der Waals surface area contributed by atoms with E-state index in [0.717, 1.165) is 31.2 Å². The second kappa shape index (κ2) is 9.15. The number of sulfonamides is 1. The lowest BCUT2D eigenvalue weighted by Gasteiger charge is -2.22. The van der Waals surface area contributed by atoms with Gasteiger partial charge in [0.2, 0.25) is 15.9 Å². The van der Waals surface area contributed by atoms with Gasteiger partial charge in [0.25, 0.3) is 0 Å². The lowest BCUT2D eigenvalue weighted by atomic mass is 9.96. The molecule has 6 nitrogen and oxygen atoms in total. The summed E-state index contributed by atoms with van der Waals surface area (Å²) in [5.41, 5.74) is 0.908. The molecule has 1 aromatic rings. The van der Waals surface area contributed by atoms with Crippen molar-refractivity contribution in [3.63, 3.8) is 0 Å². The van der Waals surface area contributed by atoms with Gasteiger partial charge in [0.05, 0.1) is 11.5 Å². The maximum atomic E-state index is 12.4. The highest BCUT2D eigenvalue weighted by molar-refractivity contribution is 7.89. The zero-order valence-electron chi connectivity index (χ0n) is 13.8. The number of hydrogen-bond acceptors (Lipinski definition) is 4. The van der Waals surface area contributed by atoms with Gasteiger partial charge in [0.15, 0.2) is 0 Å². The number of aliphatic hydroxyl groups excluding tert-OH is 1. The molecule has 0 saturated heterocycles. The van der Waals surface area contributed by atoms with Crippen LogP contribution in [0.2, 0.25) is 0 Å². The van der Waals surface area contributed by atoms with Crippen molar-refractivity contribution in [2.45, 2.75) is 55.9 Å². The predicted octanol–water partition coefficient (Wildman–Crippen LogP) is 1.34. The van der Waals surface area contributed by atoms with E-state index >= 15 is 0 Å². The summed E-state index contributed by atoms with van der Waals surface area (Å²) in [7, 11) is -3.48. The summed E-state index contributed by atoms with van der Waals surface area (Å²) < 4.78 is 27.6. The Morgan fingerprint density at radius 3 is 2.42 bits per heavy atom. The van der Waals surface area contributed by atoms with E-state index < -0.39 is 10.0 Å². The van der Waals surface area contributed by atoms with Gasteiger partial charge in [0, 0.05) is 19.0 Å². The van der Waals surface area contributed by atoms with Crippen LogP contribution < -0.4 is 10.0 Å². The van der Waals surface area contributed by atoms with Crippen LogP contribution in [0.3, 0.4) is 0 Å². The van der Waals surface area contributed by atoms with Crippen molar-refractivity contribution in [1.82, 2.24) is 10.0 Å². The highest BCUT2D eigenvalue weighted by atomic mass is 32.2. The van der Waals surface area contributed by atoms with Crippen molar-refractivity contribution in [2.75, 3.05) is 13.2 Å². The molecule has 1 aromatic carbocycles. The Kier molecular flexibility index (Phi) is 7.20. The van der Waals surface area contributed by atoms with Crippen LogP contribution in [0.1, 0.15) is 44.1 Å². The highest BCUT2D eigenvalue weighted by Gasteiger charge is 2.21. The van der Waals surface area contributed by atoms with Gasteiger partial charge in [-0.15, -0.1) is 0 Å². The summed E-state index contributed by atoms with van der Waals surface area (Å²) in [4.78, 5) is 11.8. The average Bonchev–Trinajstić information content (AvgIpc) is 2.59. The first-order chi connectivity index (χ1) is 11.5. The molecule has 0 bridgehead atoms. The van der Waals surface area contributed by atoms with Crippen LogP contribution in [0, 0.1) is 0 Å². The van der Waals surface area contributed by atoms with Crippen LogP contribution in [0.15, 0.2) is 29.2 Å². The molecule has 24 heavy (non-hydrogen) atoms. The fourth-order valence-electron chi connectivity index (χ4n) is 2.88. The summed E-state index contributed by atoms with van der Waals surface area (Å²) in [5.74, 6) is -0.125. The van der Waals surface area contributed by atoms with Crippen molar-refractivity contribution in [3.8, 4) is 0 Å². The quantitative estimate of drug-likeness (QED) is 0.656. The SMILES string of the molecule is O=C(CCc1ccc(S(=O)(=O)NC2CCCCC2)cc1)NCCO. The second-order valence-electron chi connectivity index (χ2n) is 6.17. The molecule has 2 rings (SSSR count). The maximum absolute atomic E-state index is 12.4. The van der Waals surface area contributed by atoms with Gasteiger partial charge < -0.3 is 10.4 Å². The van der Waals surface area contributed by atoms with Crippen LogP contribution in [-0.4, -0.2) is 38.6 Å². The molecule has 1 aliphatic carbocycles. The molecule has 3 N–H and O–H groups in total. The van der Waals surface area contributed by atoms with E-state index in [2.05, 4.69) is 10.0 Å². The third-order valence-electron chi connectivity index (χ3n) is 4.24. The van der Waals surface area contributed by atoms with Gasteiger partial charge >= 0.3 is 0 Å². The zero-order chi connectivity index (χ0) is 17.4. The molecule has 1 fully saturated rings. The maximum Gasteiger partial charge on any atom is 0.240 e. The number of amides is 1. The van der Waals surface area contributed by atoms with E-state index in [1.54, 1.807) is 24.3 Å². The molecule has 1 saturated carbocycles. The first kappa shape index (κ1) is 18.9. The fourth-order valence-corrected chi connectivity index (χ4v) is 4.19. The van der Waals surface area contributed by atoms with Crippen molar-refractivity contribution in [1.29, 1.82) is 0 Å². The van der Waals surface area contributed by atoms with Crippen molar-refractivity contribution in [2.24, 2.45) is 0 Å². The van der Waals surface area contributed by atoms with E-state index in [1.807, 2.05) is 0 Å². The standard InChI is InChI=1S/C17H26N2O4S/c20-13-12-18-17(21)11-8-14-6-9-16(10-7-14)24(22,23)19-15-4-2-1-3-5-15/h6-7,9-10,15,19-20H,1-5,8,11-13H2,(H,18,21). The number of aliphatic hydroxyl groups is 1. The Bertz CT molecular complexity index is 622. The molecular formula is C17H26N2O4S. The van der Waals surface area contributed by atoms with Gasteiger partial charge in [-0.2, -0.15) is 0 Å². The molecule has 0 aromatic heterocycles. The third kappa shape index (κ3) is 5.89. The van der Waals surface area contributed by atoms with Gasteiger partial charge in [0.1, 0.15) is 0 Å². The smallest absolute Gasteiger partial charge is 0.240 e. The minimum absolute atomic E-state index is 0.0404. The number of nitrogens with one attached hydrogen (secondary N) is 2. The van der Waals surface area contributed by atoms with Crippen LogP contribution in [0.5, 0.6) is 0 Å². The Labute approximate surface area is 143 Å². The Morgan fingerprint density at radius 2 is 1.79 bits per heavy atom. The Hall–Kier alpha value is -1.44. The van der Waals surface area contributed by atoms with Crippen molar-refractivity contribution >= 4 is 15.9 Å².